The molecule has 0 aliphatic rings. The third-order valence-electron chi connectivity index (χ3n) is 3.07. The summed E-state index contributed by atoms with van der Waals surface area (Å²) in [5.74, 6) is -1.49. The van der Waals surface area contributed by atoms with Gasteiger partial charge < -0.3 is 5.11 Å². The molecule has 3 nitrogen and oxygen atoms in total. The summed E-state index contributed by atoms with van der Waals surface area (Å²) in [6, 6.07) is 9.56. The van der Waals surface area contributed by atoms with Crippen LogP contribution in [0.3, 0.4) is 0 Å². The molecule has 0 bridgehead atoms. The van der Waals surface area contributed by atoms with Gasteiger partial charge in [-0.1, -0.05) is 28.1 Å². The SMILES string of the molecule is Cc1cc(Br)cnc1C(Cc1ccc(Br)cc1)C(=O)O. The Bertz CT molecular complexity index is 626. The van der Waals surface area contributed by atoms with Crippen LogP contribution in [-0.4, -0.2) is 16.1 Å². The predicted molar refractivity (Wildman–Crippen MR) is 84.9 cm³/mol. The summed E-state index contributed by atoms with van der Waals surface area (Å²) in [4.78, 5) is 15.8. The van der Waals surface area contributed by atoms with Gasteiger partial charge in [-0.25, -0.2) is 0 Å². The lowest BCUT2D eigenvalue weighted by atomic mass is 9.93. The second kappa shape index (κ2) is 6.50. The summed E-state index contributed by atoms with van der Waals surface area (Å²) < 4.78 is 1.83. The number of aromatic nitrogens is 1. The molecule has 1 N–H and O–H groups in total. The molecule has 1 heterocycles. The van der Waals surface area contributed by atoms with Gasteiger partial charge in [-0.2, -0.15) is 0 Å². The summed E-state index contributed by atoms with van der Waals surface area (Å²) in [6.45, 7) is 1.88. The number of nitrogens with zero attached hydrogens (tertiary/aromatic N) is 1. The number of rotatable bonds is 4. The van der Waals surface area contributed by atoms with E-state index in [1.165, 1.54) is 0 Å². The molecule has 104 valence electrons. The zero-order chi connectivity index (χ0) is 14.7. The zero-order valence-corrected chi connectivity index (χ0v) is 14.0. The standard InChI is InChI=1S/C15H13Br2NO2/c1-9-6-12(17)8-18-14(9)13(15(19)20)7-10-2-4-11(16)5-3-10/h2-6,8,13H,7H2,1H3,(H,19,20). The first-order valence-electron chi connectivity index (χ1n) is 6.06. The van der Waals surface area contributed by atoms with Gasteiger partial charge in [-0.05, 0) is 58.6 Å². The molecule has 0 radical (unpaired) electrons. The maximum absolute atomic E-state index is 11.5. The lowest BCUT2D eigenvalue weighted by molar-refractivity contribution is -0.138. The van der Waals surface area contributed by atoms with E-state index in [0.29, 0.717) is 12.1 Å². The zero-order valence-electron chi connectivity index (χ0n) is 10.8. The van der Waals surface area contributed by atoms with Crippen molar-refractivity contribution in [3.8, 4) is 0 Å². The van der Waals surface area contributed by atoms with Crippen LogP contribution in [0.15, 0.2) is 45.5 Å². The van der Waals surface area contributed by atoms with Crippen molar-refractivity contribution in [2.75, 3.05) is 0 Å². The summed E-state index contributed by atoms with van der Waals surface area (Å²) >= 11 is 6.71. The van der Waals surface area contributed by atoms with Crippen LogP contribution in [0, 0.1) is 6.92 Å². The molecule has 0 aliphatic carbocycles. The van der Waals surface area contributed by atoms with Gasteiger partial charge in [0.1, 0.15) is 5.92 Å². The third-order valence-corrected chi connectivity index (χ3v) is 4.03. The average Bonchev–Trinajstić information content (AvgIpc) is 2.39. The Morgan fingerprint density at radius 3 is 2.45 bits per heavy atom. The molecular formula is C15H13Br2NO2. The lowest BCUT2D eigenvalue weighted by Crippen LogP contribution is -2.17. The highest BCUT2D eigenvalue weighted by Gasteiger charge is 2.23. The molecule has 2 aromatic rings. The molecule has 0 spiro atoms. The summed E-state index contributed by atoms with van der Waals surface area (Å²) in [7, 11) is 0. The second-order valence-electron chi connectivity index (χ2n) is 4.58. The van der Waals surface area contributed by atoms with Crippen LogP contribution < -0.4 is 0 Å². The van der Waals surface area contributed by atoms with Crippen LogP contribution in [0.5, 0.6) is 0 Å². The van der Waals surface area contributed by atoms with Crippen molar-refractivity contribution in [1.29, 1.82) is 0 Å². The fourth-order valence-corrected chi connectivity index (χ4v) is 2.78. The molecule has 2 rings (SSSR count). The highest BCUT2D eigenvalue weighted by Crippen LogP contribution is 2.25. The number of carboxylic acids is 1. The first-order chi connectivity index (χ1) is 9.47. The molecule has 1 aromatic carbocycles. The summed E-state index contributed by atoms with van der Waals surface area (Å²) in [5, 5.41) is 9.48. The van der Waals surface area contributed by atoms with Crippen LogP contribution in [0.25, 0.3) is 0 Å². The molecule has 0 amide bonds. The lowest BCUT2D eigenvalue weighted by Gasteiger charge is -2.14. The van der Waals surface area contributed by atoms with Crippen molar-refractivity contribution in [3.63, 3.8) is 0 Å². The van der Waals surface area contributed by atoms with Crippen LogP contribution in [0.4, 0.5) is 0 Å². The number of aryl methyl sites for hydroxylation is 1. The minimum atomic E-state index is -0.856. The van der Waals surface area contributed by atoms with Crippen molar-refractivity contribution < 1.29 is 9.90 Å². The maximum atomic E-state index is 11.5. The molecule has 1 atom stereocenters. The number of carbonyl (C=O) groups is 1. The van der Waals surface area contributed by atoms with E-state index in [2.05, 4.69) is 36.8 Å². The monoisotopic (exact) mass is 397 g/mol. The molecule has 20 heavy (non-hydrogen) atoms. The van der Waals surface area contributed by atoms with Crippen LogP contribution >= 0.6 is 31.9 Å². The largest absolute Gasteiger partial charge is 0.481 e. The molecular weight excluding hydrogens is 386 g/mol. The van der Waals surface area contributed by atoms with Crippen LogP contribution in [-0.2, 0) is 11.2 Å². The first-order valence-corrected chi connectivity index (χ1v) is 7.65. The van der Waals surface area contributed by atoms with Crippen molar-refractivity contribution in [2.24, 2.45) is 0 Å². The van der Waals surface area contributed by atoms with E-state index in [0.717, 1.165) is 20.1 Å². The van der Waals surface area contributed by atoms with Crippen LogP contribution in [0.2, 0.25) is 0 Å². The minimum Gasteiger partial charge on any atom is -0.481 e. The van der Waals surface area contributed by atoms with Crippen LogP contribution in [0.1, 0.15) is 22.7 Å². The van der Waals surface area contributed by atoms with E-state index >= 15 is 0 Å². The van der Waals surface area contributed by atoms with Gasteiger partial charge in [0.25, 0.3) is 0 Å². The Labute approximate surface area is 134 Å². The topological polar surface area (TPSA) is 50.2 Å². The van der Waals surface area contributed by atoms with Crippen molar-refractivity contribution in [2.45, 2.75) is 19.3 Å². The minimum absolute atomic E-state index is 0.429. The summed E-state index contributed by atoms with van der Waals surface area (Å²) in [6.07, 6.45) is 2.07. The number of halogens is 2. The number of aliphatic carboxylic acids is 1. The Morgan fingerprint density at radius 2 is 1.90 bits per heavy atom. The molecule has 0 saturated heterocycles. The Morgan fingerprint density at radius 1 is 1.25 bits per heavy atom. The fourth-order valence-electron chi connectivity index (χ4n) is 2.07. The number of carboxylic acid groups (broad SMARTS) is 1. The number of hydrogen-bond acceptors (Lipinski definition) is 2. The highest BCUT2D eigenvalue weighted by molar-refractivity contribution is 9.10. The first kappa shape index (κ1) is 15.2. The number of hydrogen-bond donors (Lipinski definition) is 1. The average molecular weight is 399 g/mol. The van der Waals surface area contributed by atoms with Gasteiger partial charge in [-0.15, -0.1) is 0 Å². The second-order valence-corrected chi connectivity index (χ2v) is 6.41. The van der Waals surface area contributed by atoms with Gasteiger partial charge in [0.05, 0.1) is 5.69 Å². The van der Waals surface area contributed by atoms with E-state index < -0.39 is 11.9 Å². The Kier molecular flexibility index (Phi) is 4.94. The predicted octanol–water partition coefficient (Wildman–Crippen LogP) is 4.33. The van der Waals surface area contributed by atoms with Crippen molar-refractivity contribution in [1.82, 2.24) is 4.98 Å². The van der Waals surface area contributed by atoms with E-state index in [1.54, 1.807) is 6.20 Å². The Balaban J connectivity index is 2.31. The van der Waals surface area contributed by atoms with E-state index in [9.17, 15) is 9.90 Å². The van der Waals surface area contributed by atoms with Crippen molar-refractivity contribution in [3.05, 3.63) is 62.3 Å². The van der Waals surface area contributed by atoms with E-state index in [4.69, 9.17) is 0 Å². The Hall–Kier alpha value is -1.20. The molecule has 0 aliphatic heterocycles. The van der Waals surface area contributed by atoms with Gasteiger partial charge in [0, 0.05) is 15.1 Å². The highest BCUT2D eigenvalue weighted by atomic mass is 79.9. The maximum Gasteiger partial charge on any atom is 0.312 e. The third kappa shape index (κ3) is 3.67. The fraction of sp³-hybridized carbons (Fsp3) is 0.200. The van der Waals surface area contributed by atoms with Crippen molar-refractivity contribution >= 4 is 37.8 Å². The molecule has 1 aromatic heterocycles. The molecule has 5 heteroatoms. The van der Waals surface area contributed by atoms with Gasteiger partial charge in [0.15, 0.2) is 0 Å². The molecule has 1 unspecified atom stereocenters. The smallest absolute Gasteiger partial charge is 0.312 e. The summed E-state index contributed by atoms with van der Waals surface area (Å²) in [5.41, 5.74) is 2.47. The van der Waals surface area contributed by atoms with E-state index in [-0.39, 0.29) is 0 Å². The number of pyridine rings is 1. The van der Waals surface area contributed by atoms with Gasteiger partial charge >= 0.3 is 5.97 Å². The van der Waals surface area contributed by atoms with E-state index in [1.807, 2.05) is 37.3 Å². The normalized spacial score (nSPS) is 12.2. The van der Waals surface area contributed by atoms with Gasteiger partial charge in [-0.3, -0.25) is 9.78 Å². The number of benzene rings is 1. The van der Waals surface area contributed by atoms with Gasteiger partial charge in [0.2, 0.25) is 0 Å². The molecule has 0 saturated carbocycles. The quantitative estimate of drug-likeness (QED) is 0.833. The molecule has 0 fully saturated rings.